The van der Waals surface area contributed by atoms with Gasteiger partial charge < -0.3 is 14.6 Å². The molecule has 0 aliphatic carbocycles. The fourth-order valence-corrected chi connectivity index (χ4v) is 4.48. The summed E-state index contributed by atoms with van der Waals surface area (Å²) in [6, 6.07) is 5.23. The van der Waals surface area contributed by atoms with Crippen molar-refractivity contribution < 1.29 is 17.6 Å². The summed E-state index contributed by atoms with van der Waals surface area (Å²) in [5, 5.41) is 2.96. The van der Waals surface area contributed by atoms with Gasteiger partial charge in [0.15, 0.2) is 0 Å². The number of carbonyl (C=O) groups excluding carboxylic acids is 1. The molecule has 0 spiro atoms. The number of carbonyl (C=O) groups is 1. The molecule has 0 radical (unpaired) electrons. The molecule has 1 saturated heterocycles. The maximum atomic E-state index is 12.8. The Labute approximate surface area is 178 Å². The number of nitrogens with zero attached hydrogens (tertiary/aromatic N) is 2. The lowest BCUT2D eigenvalue weighted by atomic mass is 9.95. The summed E-state index contributed by atoms with van der Waals surface area (Å²) in [4.78, 5) is 18.6. The molecule has 2 N–H and O–H groups in total. The van der Waals surface area contributed by atoms with Gasteiger partial charge in [-0.05, 0) is 63.8 Å². The number of hydrogen-bond donors (Lipinski definition) is 2. The van der Waals surface area contributed by atoms with Gasteiger partial charge in [0.25, 0.3) is 0 Å². The largest absolute Gasteiger partial charge is 0.445 e. The molecule has 3 rings (SSSR count). The number of aromatic nitrogens is 1. The number of anilines is 1. The molecule has 1 aliphatic rings. The number of amides is 2. The quantitative estimate of drug-likeness (QED) is 0.765. The number of oxazole rings is 1. The fourth-order valence-electron chi connectivity index (χ4n) is 3.38. The zero-order chi connectivity index (χ0) is 22.1. The van der Waals surface area contributed by atoms with Crippen molar-refractivity contribution in [3.8, 4) is 11.5 Å². The van der Waals surface area contributed by atoms with Crippen molar-refractivity contribution in [2.45, 2.75) is 51.8 Å². The standard InChI is InChI=1S/C21H30N4O4S/c1-14-12-16(19-22-9-11-29-19)6-7-17(14)23-20(26)25-10-8-18(15(2)13-25)24-30(27,28)21(3,4)5/h6-7,9,11-12,15,18,24H,8,10,13H2,1-5H3,(H,23,26). The molecule has 30 heavy (non-hydrogen) atoms. The summed E-state index contributed by atoms with van der Waals surface area (Å²) in [5.74, 6) is 0.541. The van der Waals surface area contributed by atoms with E-state index in [4.69, 9.17) is 4.42 Å². The lowest BCUT2D eigenvalue weighted by Crippen LogP contribution is -2.54. The molecule has 0 bridgehead atoms. The van der Waals surface area contributed by atoms with Crippen LogP contribution in [-0.4, -0.2) is 48.2 Å². The maximum absolute atomic E-state index is 12.8. The number of aryl methyl sites for hydroxylation is 1. The molecule has 2 unspecified atom stereocenters. The number of sulfonamides is 1. The minimum absolute atomic E-state index is 0.00937. The molecule has 2 aromatic rings. The van der Waals surface area contributed by atoms with Crippen molar-refractivity contribution in [2.24, 2.45) is 5.92 Å². The third-order valence-electron chi connectivity index (χ3n) is 5.45. The van der Waals surface area contributed by atoms with Crippen LogP contribution >= 0.6 is 0 Å². The molecule has 0 saturated carbocycles. The van der Waals surface area contributed by atoms with Crippen LogP contribution in [0.2, 0.25) is 0 Å². The van der Waals surface area contributed by atoms with Crippen molar-refractivity contribution in [2.75, 3.05) is 18.4 Å². The van der Waals surface area contributed by atoms with E-state index in [9.17, 15) is 13.2 Å². The van der Waals surface area contributed by atoms with Crippen LogP contribution < -0.4 is 10.0 Å². The lowest BCUT2D eigenvalue weighted by Gasteiger charge is -2.38. The van der Waals surface area contributed by atoms with Gasteiger partial charge in [0.05, 0.1) is 10.9 Å². The zero-order valence-electron chi connectivity index (χ0n) is 18.1. The molecule has 8 nitrogen and oxygen atoms in total. The highest BCUT2D eigenvalue weighted by Crippen LogP contribution is 2.25. The molecule has 9 heteroatoms. The third kappa shape index (κ3) is 4.84. The molecule has 1 fully saturated rings. The van der Waals surface area contributed by atoms with Crippen molar-refractivity contribution in [1.29, 1.82) is 0 Å². The van der Waals surface area contributed by atoms with Gasteiger partial charge in [0.1, 0.15) is 6.26 Å². The van der Waals surface area contributed by atoms with Gasteiger partial charge in [-0.2, -0.15) is 0 Å². The number of rotatable bonds is 4. The van der Waals surface area contributed by atoms with Crippen LogP contribution in [0.4, 0.5) is 10.5 Å². The van der Waals surface area contributed by atoms with Crippen LogP contribution in [0, 0.1) is 12.8 Å². The van der Waals surface area contributed by atoms with E-state index in [1.54, 1.807) is 31.9 Å². The summed E-state index contributed by atoms with van der Waals surface area (Å²) in [7, 11) is -3.43. The van der Waals surface area contributed by atoms with E-state index in [0.717, 1.165) is 16.8 Å². The van der Waals surface area contributed by atoms with Crippen LogP contribution in [0.3, 0.4) is 0 Å². The first kappa shape index (κ1) is 22.3. The molecule has 1 aromatic heterocycles. The summed E-state index contributed by atoms with van der Waals surface area (Å²) >= 11 is 0. The average molecular weight is 435 g/mol. The number of urea groups is 1. The van der Waals surface area contributed by atoms with E-state index in [1.165, 1.54) is 6.26 Å². The second kappa shape index (κ2) is 8.39. The Balaban J connectivity index is 1.61. The van der Waals surface area contributed by atoms with Crippen molar-refractivity contribution in [1.82, 2.24) is 14.6 Å². The number of hydrogen-bond acceptors (Lipinski definition) is 5. The van der Waals surface area contributed by atoms with Crippen molar-refractivity contribution in [3.63, 3.8) is 0 Å². The van der Waals surface area contributed by atoms with E-state index >= 15 is 0 Å². The van der Waals surface area contributed by atoms with Gasteiger partial charge in [-0.3, -0.25) is 0 Å². The highest BCUT2D eigenvalue weighted by molar-refractivity contribution is 7.90. The highest BCUT2D eigenvalue weighted by atomic mass is 32.2. The van der Waals surface area contributed by atoms with Gasteiger partial charge >= 0.3 is 6.03 Å². The van der Waals surface area contributed by atoms with E-state index in [1.807, 2.05) is 32.0 Å². The van der Waals surface area contributed by atoms with E-state index in [2.05, 4.69) is 15.0 Å². The summed E-state index contributed by atoms with van der Waals surface area (Å²) in [5.41, 5.74) is 2.47. The monoisotopic (exact) mass is 434 g/mol. The number of nitrogens with one attached hydrogen (secondary N) is 2. The second-order valence-electron chi connectivity index (χ2n) is 8.85. The second-order valence-corrected chi connectivity index (χ2v) is 11.3. The summed E-state index contributed by atoms with van der Waals surface area (Å²) in [6.45, 7) is 9.88. The summed E-state index contributed by atoms with van der Waals surface area (Å²) in [6.07, 6.45) is 3.69. The summed E-state index contributed by atoms with van der Waals surface area (Å²) < 4.78 is 32.2. The number of piperidine rings is 1. The zero-order valence-corrected chi connectivity index (χ0v) is 18.9. The lowest BCUT2D eigenvalue weighted by molar-refractivity contribution is 0.167. The van der Waals surface area contributed by atoms with Crippen LogP contribution in [0.5, 0.6) is 0 Å². The normalized spacial score (nSPS) is 20.2. The molecule has 1 aliphatic heterocycles. The van der Waals surface area contributed by atoms with Crippen LogP contribution in [0.15, 0.2) is 35.1 Å². The van der Waals surface area contributed by atoms with E-state index in [-0.39, 0.29) is 18.0 Å². The molecule has 164 valence electrons. The van der Waals surface area contributed by atoms with Crippen molar-refractivity contribution in [3.05, 3.63) is 36.2 Å². The minimum atomic E-state index is -3.43. The van der Waals surface area contributed by atoms with Gasteiger partial charge in [0, 0.05) is 30.4 Å². The molecule has 2 amide bonds. The predicted molar refractivity (Wildman–Crippen MR) is 117 cm³/mol. The Morgan fingerprint density at radius 2 is 2.03 bits per heavy atom. The van der Waals surface area contributed by atoms with Crippen LogP contribution in [0.1, 0.15) is 39.7 Å². The Kier molecular flexibility index (Phi) is 6.24. The Morgan fingerprint density at radius 3 is 2.60 bits per heavy atom. The molecule has 2 atom stereocenters. The maximum Gasteiger partial charge on any atom is 0.321 e. The molecule has 2 heterocycles. The molecular formula is C21H30N4O4S. The Hall–Kier alpha value is -2.39. The average Bonchev–Trinajstić information content (AvgIpc) is 3.18. The van der Waals surface area contributed by atoms with Crippen LogP contribution in [0.25, 0.3) is 11.5 Å². The third-order valence-corrected chi connectivity index (χ3v) is 7.68. The van der Waals surface area contributed by atoms with Gasteiger partial charge in [-0.1, -0.05) is 6.92 Å². The smallest absolute Gasteiger partial charge is 0.321 e. The van der Waals surface area contributed by atoms with E-state index < -0.39 is 14.8 Å². The van der Waals surface area contributed by atoms with Crippen molar-refractivity contribution >= 4 is 21.7 Å². The Morgan fingerprint density at radius 1 is 1.30 bits per heavy atom. The van der Waals surface area contributed by atoms with Gasteiger partial charge in [-0.15, -0.1) is 0 Å². The number of benzene rings is 1. The molecule has 1 aromatic carbocycles. The minimum Gasteiger partial charge on any atom is -0.445 e. The van der Waals surface area contributed by atoms with Gasteiger partial charge in [-0.25, -0.2) is 22.9 Å². The SMILES string of the molecule is Cc1cc(-c2ncco2)ccc1NC(=O)N1CCC(NS(=O)(=O)C(C)(C)C)C(C)C1. The Bertz CT molecular complexity index is 997. The van der Waals surface area contributed by atoms with E-state index in [0.29, 0.717) is 25.4 Å². The first-order valence-corrected chi connectivity index (χ1v) is 11.5. The topological polar surface area (TPSA) is 105 Å². The predicted octanol–water partition coefficient (Wildman–Crippen LogP) is 3.61. The highest BCUT2D eigenvalue weighted by Gasteiger charge is 2.36. The first-order chi connectivity index (χ1) is 14.0. The van der Waals surface area contributed by atoms with Crippen LogP contribution in [-0.2, 0) is 10.0 Å². The number of likely N-dealkylation sites (tertiary alicyclic amines) is 1. The molecular weight excluding hydrogens is 404 g/mol. The fraction of sp³-hybridized carbons (Fsp3) is 0.524. The van der Waals surface area contributed by atoms with Gasteiger partial charge in [0.2, 0.25) is 15.9 Å². The first-order valence-electron chi connectivity index (χ1n) is 10.1.